The second kappa shape index (κ2) is 9.46. The lowest BCUT2D eigenvalue weighted by Crippen LogP contribution is -2.30. The molecular weight excluding hydrogens is 334 g/mol. The summed E-state index contributed by atoms with van der Waals surface area (Å²) in [6.45, 7) is 1.54. The van der Waals surface area contributed by atoms with Gasteiger partial charge >= 0.3 is 5.97 Å². The number of carbonyl (C=O) groups excluding carboxylic acids is 2. The molecule has 26 heavy (non-hydrogen) atoms. The number of esters is 1. The van der Waals surface area contributed by atoms with Gasteiger partial charge in [0.05, 0.1) is 19.9 Å². The van der Waals surface area contributed by atoms with Crippen molar-refractivity contribution in [1.82, 2.24) is 0 Å². The van der Waals surface area contributed by atoms with Crippen LogP contribution in [0.5, 0.6) is 11.5 Å². The topological polar surface area (TPSA) is 73.9 Å². The molecule has 0 saturated carbocycles. The Morgan fingerprint density at radius 1 is 1.00 bits per heavy atom. The van der Waals surface area contributed by atoms with Crippen LogP contribution in [0.1, 0.15) is 18.9 Å². The Hall–Kier alpha value is -3.02. The highest BCUT2D eigenvalue weighted by Crippen LogP contribution is 2.23. The lowest BCUT2D eigenvalue weighted by atomic mass is 10.1. The lowest BCUT2D eigenvalue weighted by Gasteiger charge is -2.15. The number of nitrogens with one attached hydrogen (secondary N) is 1. The number of methoxy groups -OCH3 is 2. The summed E-state index contributed by atoms with van der Waals surface area (Å²) in [4.78, 5) is 24.2. The van der Waals surface area contributed by atoms with Gasteiger partial charge in [0.15, 0.2) is 6.10 Å². The summed E-state index contributed by atoms with van der Waals surface area (Å²) in [6, 6.07) is 14.5. The molecule has 1 amide bonds. The Labute approximate surface area is 153 Å². The monoisotopic (exact) mass is 357 g/mol. The average molecular weight is 357 g/mol. The molecule has 1 N–H and O–H groups in total. The van der Waals surface area contributed by atoms with Gasteiger partial charge in [0, 0.05) is 6.42 Å². The first-order valence-corrected chi connectivity index (χ1v) is 8.29. The SMILES string of the molecule is COc1ccc(CCC(=O)OC(C)C(=O)Nc2ccccc2OC)cc1. The normalized spacial score (nSPS) is 11.3. The first-order valence-electron chi connectivity index (χ1n) is 8.29. The van der Waals surface area contributed by atoms with Gasteiger partial charge in [-0.15, -0.1) is 0 Å². The van der Waals surface area contributed by atoms with Gasteiger partial charge in [-0.2, -0.15) is 0 Å². The van der Waals surface area contributed by atoms with Crippen LogP contribution < -0.4 is 14.8 Å². The summed E-state index contributed by atoms with van der Waals surface area (Å²) in [6.07, 6.45) is -0.175. The van der Waals surface area contributed by atoms with Crippen molar-refractivity contribution < 1.29 is 23.8 Å². The van der Waals surface area contributed by atoms with Crippen LogP contribution in [0.25, 0.3) is 0 Å². The highest BCUT2D eigenvalue weighted by molar-refractivity contribution is 5.96. The first-order chi connectivity index (χ1) is 12.5. The molecule has 0 spiro atoms. The van der Waals surface area contributed by atoms with Crippen LogP contribution in [0, 0.1) is 0 Å². The zero-order valence-corrected chi connectivity index (χ0v) is 15.2. The fourth-order valence-electron chi connectivity index (χ4n) is 2.33. The predicted molar refractivity (Wildman–Crippen MR) is 98.5 cm³/mol. The van der Waals surface area contributed by atoms with Crippen LogP contribution >= 0.6 is 0 Å². The molecule has 6 nitrogen and oxygen atoms in total. The van der Waals surface area contributed by atoms with E-state index in [0.717, 1.165) is 11.3 Å². The molecule has 0 aliphatic carbocycles. The average Bonchev–Trinajstić information content (AvgIpc) is 2.67. The molecule has 1 unspecified atom stereocenters. The van der Waals surface area contributed by atoms with Crippen molar-refractivity contribution in [3.05, 3.63) is 54.1 Å². The minimum absolute atomic E-state index is 0.193. The molecule has 2 aromatic rings. The van der Waals surface area contributed by atoms with Gasteiger partial charge in [-0.1, -0.05) is 24.3 Å². The maximum Gasteiger partial charge on any atom is 0.306 e. The van der Waals surface area contributed by atoms with Gasteiger partial charge in [0.25, 0.3) is 5.91 Å². The zero-order valence-electron chi connectivity index (χ0n) is 15.2. The van der Waals surface area contributed by atoms with Crippen LogP contribution in [0.15, 0.2) is 48.5 Å². The number of benzene rings is 2. The Balaban J connectivity index is 1.82. The summed E-state index contributed by atoms with van der Waals surface area (Å²) < 4.78 is 15.5. The van der Waals surface area contributed by atoms with Crippen LogP contribution in [0.3, 0.4) is 0 Å². The molecule has 2 rings (SSSR count). The molecule has 0 aliphatic rings. The molecule has 0 bridgehead atoms. The number of hydrogen-bond acceptors (Lipinski definition) is 5. The quantitative estimate of drug-likeness (QED) is 0.735. The molecule has 6 heteroatoms. The van der Waals surface area contributed by atoms with Gasteiger partial charge in [-0.3, -0.25) is 9.59 Å². The molecule has 138 valence electrons. The number of carbonyl (C=O) groups is 2. The number of anilines is 1. The lowest BCUT2D eigenvalue weighted by molar-refractivity contribution is -0.153. The number of para-hydroxylation sites is 2. The summed E-state index contributed by atoms with van der Waals surface area (Å²) in [5.74, 6) is 0.465. The van der Waals surface area contributed by atoms with Crippen LogP contribution in [0.2, 0.25) is 0 Å². The van der Waals surface area contributed by atoms with Crippen molar-refractivity contribution in [2.45, 2.75) is 25.9 Å². The van der Waals surface area contributed by atoms with E-state index in [1.807, 2.05) is 24.3 Å². The van der Waals surface area contributed by atoms with E-state index in [9.17, 15) is 9.59 Å². The van der Waals surface area contributed by atoms with E-state index in [0.29, 0.717) is 17.9 Å². The van der Waals surface area contributed by atoms with E-state index in [2.05, 4.69) is 5.32 Å². The molecule has 0 aromatic heterocycles. The van der Waals surface area contributed by atoms with Crippen LogP contribution in [-0.4, -0.2) is 32.2 Å². The van der Waals surface area contributed by atoms with E-state index in [-0.39, 0.29) is 6.42 Å². The fourth-order valence-corrected chi connectivity index (χ4v) is 2.33. The van der Waals surface area contributed by atoms with E-state index in [1.165, 1.54) is 14.0 Å². The smallest absolute Gasteiger partial charge is 0.306 e. The minimum Gasteiger partial charge on any atom is -0.497 e. The van der Waals surface area contributed by atoms with Crippen molar-refractivity contribution in [3.63, 3.8) is 0 Å². The van der Waals surface area contributed by atoms with Gasteiger partial charge in [-0.25, -0.2) is 0 Å². The minimum atomic E-state index is -0.900. The number of aryl methyl sites for hydroxylation is 1. The molecular formula is C20H23NO5. The highest BCUT2D eigenvalue weighted by Gasteiger charge is 2.19. The number of hydrogen-bond donors (Lipinski definition) is 1. The van der Waals surface area contributed by atoms with E-state index in [4.69, 9.17) is 14.2 Å². The third-order valence-electron chi connectivity index (χ3n) is 3.82. The van der Waals surface area contributed by atoms with E-state index in [1.54, 1.807) is 31.4 Å². The summed E-state index contributed by atoms with van der Waals surface area (Å²) in [5.41, 5.74) is 1.52. The largest absolute Gasteiger partial charge is 0.497 e. The molecule has 0 heterocycles. The van der Waals surface area contributed by atoms with Crippen molar-refractivity contribution in [3.8, 4) is 11.5 Å². The number of rotatable bonds is 8. The van der Waals surface area contributed by atoms with Gasteiger partial charge in [0.2, 0.25) is 0 Å². The van der Waals surface area contributed by atoms with Crippen molar-refractivity contribution in [2.24, 2.45) is 0 Å². The second-order valence-electron chi connectivity index (χ2n) is 5.67. The third kappa shape index (κ3) is 5.51. The summed E-state index contributed by atoms with van der Waals surface area (Å²) >= 11 is 0. The molecule has 0 saturated heterocycles. The van der Waals surface area contributed by atoms with Crippen molar-refractivity contribution >= 4 is 17.6 Å². The Morgan fingerprint density at radius 3 is 2.35 bits per heavy atom. The third-order valence-corrected chi connectivity index (χ3v) is 3.82. The number of amides is 1. The number of ether oxygens (including phenoxy) is 3. The van der Waals surface area contributed by atoms with E-state index < -0.39 is 18.0 Å². The molecule has 0 aliphatic heterocycles. The molecule has 1 atom stereocenters. The second-order valence-corrected chi connectivity index (χ2v) is 5.67. The molecule has 0 fully saturated rings. The van der Waals surface area contributed by atoms with Crippen molar-refractivity contribution in [1.29, 1.82) is 0 Å². The maximum atomic E-state index is 12.2. The van der Waals surface area contributed by atoms with E-state index >= 15 is 0 Å². The Morgan fingerprint density at radius 2 is 1.69 bits per heavy atom. The van der Waals surface area contributed by atoms with Crippen LogP contribution in [-0.2, 0) is 20.7 Å². The zero-order chi connectivity index (χ0) is 18.9. The summed E-state index contributed by atoms with van der Waals surface area (Å²) in [5, 5.41) is 2.70. The van der Waals surface area contributed by atoms with Crippen molar-refractivity contribution in [2.75, 3.05) is 19.5 Å². The first kappa shape index (κ1) is 19.3. The maximum absolute atomic E-state index is 12.2. The Bertz CT molecular complexity index is 742. The Kier molecular flexibility index (Phi) is 7.02. The van der Waals surface area contributed by atoms with Crippen LogP contribution in [0.4, 0.5) is 5.69 Å². The van der Waals surface area contributed by atoms with Gasteiger partial charge < -0.3 is 19.5 Å². The summed E-state index contributed by atoms with van der Waals surface area (Å²) in [7, 11) is 3.12. The predicted octanol–water partition coefficient (Wildman–Crippen LogP) is 3.21. The molecule has 0 radical (unpaired) electrons. The van der Waals surface area contributed by atoms with Gasteiger partial charge in [-0.05, 0) is 43.2 Å². The highest BCUT2D eigenvalue weighted by atomic mass is 16.5. The standard InChI is InChI=1S/C20H23NO5/c1-14(20(23)21-17-6-4-5-7-18(17)25-3)26-19(22)13-10-15-8-11-16(24-2)12-9-15/h4-9,11-12,14H,10,13H2,1-3H3,(H,21,23). The fraction of sp³-hybridized carbons (Fsp3) is 0.300. The van der Waals surface area contributed by atoms with Gasteiger partial charge in [0.1, 0.15) is 11.5 Å². The molecule has 2 aromatic carbocycles.